The van der Waals surface area contributed by atoms with Crippen LogP contribution in [0.4, 0.5) is 0 Å². The van der Waals surface area contributed by atoms with E-state index in [9.17, 15) is 9.59 Å². The lowest BCUT2D eigenvalue weighted by Crippen LogP contribution is -2.46. The van der Waals surface area contributed by atoms with Gasteiger partial charge in [0.05, 0.1) is 0 Å². The van der Waals surface area contributed by atoms with Gasteiger partial charge in [-0.15, -0.1) is 0 Å². The van der Waals surface area contributed by atoms with Gasteiger partial charge in [0.25, 0.3) is 11.5 Å². The van der Waals surface area contributed by atoms with Crippen LogP contribution in [0.25, 0.3) is 0 Å². The maximum Gasteiger partial charge on any atom is 0.260 e. The number of aromatic nitrogens is 1. The van der Waals surface area contributed by atoms with Gasteiger partial charge in [-0.3, -0.25) is 9.59 Å². The monoisotopic (exact) mass is 263 g/mol. The molecule has 0 aromatic carbocycles. The van der Waals surface area contributed by atoms with Gasteiger partial charge in [0.15, 0.2) is 0 Å². The third-order valence-corrected chi connectivity index (χ3v) is 3.66. The Hall–Kier alpha value is -1.62. The minimum atomic E-state index is -0.329. The van der Waals surface area contributed by atoms with Crippen molar-refractivity contribution in [3.8, 4) is 0 Å². The number of hydrogen-bond acceptors (Lipinski definition) is 3. The third kappa shape index (κ3) is 3.44. The van der Waals surface area contributed by atoms with E-state index in [2.05, 4.69) is 22.5 Å². The van der Waals surface area contributed by atoms with Gasteiger partial charge < -0.3 is 15.6 Å². The highest BCUT2D eigenvalue weighted by Gasteiger charge is 2.27. The van der Waals surface area contributed by atoms with E-state index in [1.54, 1.807) is 19.1 Å². The summed E-state index contributed by atoms with van der Waals surface area (Å²) in [7, 11) is 0. The van der Waals surface area contributed by atoms with Crippen LogP contribution in [0, 0.1) is 12.3 Å². The van der Waals surface area contributed by atoms with Crippen molar-refractivity contribution in [2.45, 2.75) is 26.7 Å². The van der Waals surface area contributed by atoms with Crippen LogP contribution >= 0.6 is 0 Å². The molecule has 3 N–H and O–H groups in total. The minimum Gasteiger partial charge on any atom is -0.351 e. The molecule has 2 rings (SSSR count). The third-order valence-electron chi connectivity index (χ3n) is 3.66. The Morgan fingerprint density at radius 1 is 1.47 bits per heavy atom. The molecule has 1 unspecified atom stereocenters. The molecular formula is C14H21N3O2. The Balaban J connectivity index is 1.99. The van der Waals surface area contributed by atoms with Crippen LogP contribution in [0.1, 0.15) is 35.8 Å². The van der Waals surface area contributed by atoms with Crippen LogP contribution in [-0.4, -0.2) is 30.5 Å². The molecule has 0 saturated carbocycles. The minimum absolute atomic E-state index is 0.0748. The molecule has 5 nitrogen and oxygen atoms in total. The normalized spacial score (nSPS) is 23.1. The van der Waals surface area contributed by atoms with Crippen molar-refractivity contribution in [1.29, 1.82) is 0 Å². The number of carbonyl (C=O) groups is 1. The van der Waals surface area contributed by atoms with Gasteiger partial charge in [0.2, 0.25) is 0 Å². The molecule has 1 aliphatic rings. The maximum absolute atomic E-state index is 12.0. The van der Waals surface area contributed by atoms with E-state index in [4.69, 9.17) is 0 Å². The molecule has 2 heterocycles. The van der Waals surface area contributed by atoms with Crippen molar-refractivity contribution >= 4 is 5.91 Å². The quantitative estimate of drug-likeness (QED) is 0.755. The lowest BCUT2D eigenvalue weighted by molar-refractivity contribution is 0.0923. The van der Waals surface area contributed by atoms with Crippen LogP contribution in [0.2, 0.25) is 0 Å². The van der Waals surface area contributed by atoms with Crippen LogP contribution in [0.15, 0.2) is 16.9 Å². The lowest BCUT2D eigenvalue weighted by Gasteiger charge is -2.34. The van der Waals surface area contributed by atoms with Crippen molar-refractivity contribution in [3.63, 3.8) is 0 Å². The van der Waals surface area contributed by atoms with Gasteiger partial charge in [0.1, 0.15) is 5.56 Å². The summed E-state index contributed by atoms with van der Waals surface area (Å²) in [5.41, 5.74) is 0.679. The zero-order valence-electron chi connectivity index (χ0n) is 11.5. The average molecular weight is 263 g/mol. The number of aromatic amines is 1. The van der Waals surface area contributed by atoms with Gasteiger partial charge in [-0.05, 0) is 43.9 Å². The highest BCUT2D eigenvalue weighted by atomic mass is 16.2. The molecule has 1 aromatic heterocycles. The highest BCUT2D eigenvalue weighted by molar-refractivity contribution is 5.93. The van der Waals surface area contributed by atoms with Crippen molar-refractivity contribution in [2.24, 2.45) is 5.41 Å². The van der Waals surface area contributed by atoms with Gasteiger partial charge >= 0.3 is 0 Å². The molecule has 1 fully saturated rings. The number of hydrogen-bond donors (Lipinski definition) is 3. The lowest BCUT2D eigenvalue weighted by atomic mass is 9.83. The smallest absolute Gasteiger partial charge is 0.260 e. The van der Waals surface area contributed by atoms with E-state index < -0.39 is 0 Å². The predicted octanol–water partition coefficient (Wildman–Crippen LogP) is 0.803. The maximum atomic E-state index is 12.0. The molecule has 1 saturated heterocycles. The van der Waals surface area contributed by atoms with Gasteiger partial charge in [-0.25, -0.2) is 0 Å². The van der Waals surface area contributed by atoms with Crippen LogP contribution in [0.3, 0.4) is 0 Å². The molecule has 0 bridgehead atoms. The van der Waals surface area contributed by atoms with Crippen molar-refractivity contribution in [1.82, 2.24) is 15.6 Å². The van der Waals surface area contributed by atoms with E-state index >= 15 is 0 Å². The molecule has 1 amide bonds. The number of nitrogens with one attached hydrogen (secondary N) is 3. The summed E-state index contributed by atoms with van der Waals surface area (Å²) in [6.07, 6.45) is 2.21. The fourth-order valence-corrected chi connectivity index (χ4v) is 2.41. The number of rotatable bonds is 3. The van der Waals surface area contributed by atoms with E-state index in [1.165, 1.54) is 0 Å². The summed E-state index contributed by atoms with van der Waals surface area (Å²) in [4.78, 5) is 26.3. The number of piperidine rings is 1. The molecule has 19 heavy (non-hydrogen) atoms. The predicted molar refractivity (Wildman–Crippen MR) is 74.3 cm³/mol. The fraction of sp³-hybridized carbons (Fsp3) is 0.571. The standard InChI is InChI=1S/C14H21N3O2/c1-10-4-5-11(13(19)17-10)12(18)16-9-14(2)6-3-7-15-8-14/h4-5,15H,3,6-9H2,1-2H3,(H,16,18)(H,17,19). The first-order valence-electron chi connectivity index (χ1n) is 6.69. The summed E-state index contributed by atoms with van der Waals surface area (Å²) in [5.74, 6) is -0.298. The number of carbonyl (C=O) groups excluding carboxylic acids is 1. The van der Waals surface area contributed by atoms with Crippen molar-refractivity contribution in [3.05, 3.63) is 33.7 Å². The van der Waals surface area contributed by atoms with E-state index in [0.717, 1.165) is 31.6 Å². The fourth-order valence-electron chi connectivity index (χ4n) is 2.41. The molecule has 0 spiro atoms. The molecule has 5 heteroatoms. The Morgan fingerprint density at radius 3 is 2.89 bits per heavy atom. The van der Waals surface area contributed by atoms with Gasteiger partial charge in [-0.1, -0.05) is 6.92 Å². The number of H-pyrrole nitrogens is 1. The first kappa shape index (κ1) is 13.8. The number of amides is 1. The first-order chi connectivity index (χ1) is 9.00. The SMILES string of the molecule is Cc1ccc(C(=O)NCC2(C)CCCNC2)c(=O)[nH]1. The second-order valence-electron chi connectivity index (χ2n) is 5.66. The molecule has 0 radical (unpaired) electrons. The highest BCUT2D eigenvalue weighted by Crippen LogP contribution is 2.24. The van der Waals surface area contributed by atoms with E-state index in [-0.39, 0.29) is 22.4 Å². The zero-order chi connectivity index (χ0) is 13.9. The van der Waals surface area contributed by atoms with E-state index in [0.29, 0.717) is 6.54 Å². The average Bonchev–Trinajstić information content (AvgIpc) is 2.37. The van der Waals surface area contributed by atoms with Crippen molar-refractivity contribution < 1.29 is 4.79 Å². The molecule has 1 aromatic rings. The Kier molecular flexibility index (Phi) is 4.04. The largest absolute Gasteiger partial charge is 0.351 e. The second-order valence-corrected chi connectivity index (χ2v) is 5.66. The molecule has 104 valence electrons. The van der Waals surface area contributed by atoms with Gasteiger partial charge in [-0.2, -0.15) is 0 Å². The van der Waals surface area contributed by atoms with Crippen LogP contribution in [-0.2, 0) is 0 Å². The molecule has 1 aliphatic heterocycles. The Labute approximate surface area is 112 Å². The summed E-state index contributed by atoms with van der Waals surface area (Å²) < 4.78 is 0. The molecule has 0 aliphatic carbocycles. The van der Waals surface area contributed by atoms with E-state index in [1.807, 2.05) is 0 Å². The topological polar surface area (TPSA) is 74.0 Å². The van der Waals surface area contributed by atoms with Crippen molar-refractivity contribution in [2.75, 3.05) is 19.6 Å². The summed E-state index contributed by atoms with van der Waals surface area (Å²) in [5, 5.41) is 6.21. The molecule has 1 atom stereocenters. The number of aryl methyl sites for hydroxylation is 1. The first-order valence-corrected chi connectivity index (χ1v) is 6.69. The molecular weight excluding hydrogens is 242 g/mol. The Bertz CT molecular complexity index is 516. The second kappa shape index (κ2) is 5.57. The van der Waals surface area contributed by atoms with Crippen LogP contribution < -0.4 is 16.2 Å². The summed E-state index contributed by atoms with van der Waals surface area (Å²) in [6, 6.07) is 3.31. The zero-order valence-corrected chi connectivity index (χ0v) is 11.5. The van der Waals surface area contributed by atoms with Crippen LogP contribution in [0.5, 0.6) is 0 Å². The Morgan fingerprint density at radius 2 is 2.26 bits per heavy atom. The van der Waals surface area contributed by atoms with Gasteiger partial charge in [0, 0.05) is 18.8 Å². The summed E-state index contributed by atoms with van der Waals surface area (Å²) >= 11 is 0. The summed E-state index contributed by atoms with van der Waals surface area (Å²) in [6.45, 7) is 6.47. The number of pyridine rings is 1.